The molecule has 0 spiro atoms. The average molecular weight is 746 g/mol. The molecule has 10 nitrogen and oxygen atoms in total. The Morgan fingerprint density at radius 2 is 1.62 bits per heavy atom. The molecule has 4 unspecified atom stereocenters. The molecule has 0 radical (unpaired) electrons. The molecule has 7 atom stereocenters. The molecule has 2 N–H and O–H groups in total. The standard InChI is InChI=1S/C41H71N5O5S/c1-14-29(6)38(45(12)40(50)36(27(2)3)43-39(49)37(28(4)5)44(10)11)32(51-13)25-35(48)46-24-18-21-31(46)33(52-41(7,8)9)26-34(47)42-23-22-30-19-16-15-17-20-30/h15-17,19-20,27-29,31-33,36-38H,14,18,21-26H2,1-13H3,(H,42,47)(H,43,49)/t29?,31?,32?,33-,36+,37+,38?/m1/s1. The first kappa shape index (κ1) is 45.5. The Kier molecular flexibility index (Phi) is 18.7. The lowest BCUT2D eigenvalue weighted by Gasteiger charge is -2.41. The second kappa shape index (κ2) is 21.3. The molecule has 1 aliphatic rings. The fraction of sp³-hybridized carbons (Fsp3) is 0.756. The number of hydrogen-bond donors (Lipinski definition) is 2. The number of thioether (sulfide) groups is 1. The Morgan fingerprint density at radius 3 is 2.13 bits per heavy atom. The summed E-state index contributed by atoms with van der Waals surface area (Å²) in [4.78, 5) is 60.8. The molecule has 11 heteroatoms. The number of hydrogen-bond acceptors (Lipinski definition) is 7. The SMILES string of the molecule is CCC(C)C(C(CC(=O)N1CCCC1[C@@H](CC(=O)NCCc1ccccc1)SC(C)(C)C)OC)N(C)C(=O)[C@@H](NC(=O)[C@H](C(C)C)N(C)C)C(C)C. The Hall–Kier alpha value is -2.63. The number of carbonyl (C=O) groups excluding carboxylic acids is 4. The van der Waals surface area contributed by atoms with E-state index in [1.807, 2.05) is 69.8 Å². The lowest BCUT2D eigenvalue weighted by atomic mass is 9.89. The van der Waals surface area contributed by atoms with E-state index in [1.165, 1.54) is 5.56 Å². The number of likely N-dealkylation sites (N-methyl/N-ethyl adjacent to an activating group) is 2. The van der Waals surface area contributed by atoms with Gasteiger partial charge in [0.1, 0.15) is 6.04 Å². The minimum atomic E-state index is -0.726. The van der Waals surface area contributed by atoms with Crippen molar-refractivity contribution in [3.8, 4) is 0 Å². The fourth-order valence-electron chi connectivity index (χ4n) is 7.57. The van der Waals surface area contributed by atoms with Crippen molar-refractivity contribution in [3.63, 3.8) is 0 Å². The first-order chi connectivity index (χ1) is 24.3. The second-order valence-electron chi connectivity index (χ2n) is 16.5. The molecule has 1 aromatic carbocycles. The van der Waals surface area contributed by atoms with E-state index in [4.69, 9.17) is 4.74 Å². The summed E-state index contributed by atoms with van der Waals surface area (Å²) >= 11 is 1.77. The topological polar surface area (TPSA) is 111 Å². The lowest BCUT2D eigenvalue weighted by molar-refractivity contribution is -0.146. The molecule has 0 aromatic heterocycles. The van der Waals surface area contributed by atoms with E-state index in [2.05, 4.69) is 57.4 Å². The maximum Gasteiger partial charge on any atom is 0.245 e. The van der Waals surface area contributed by atoms with Crippen LogP contribution in [0.4, 0.5) is 0 Å². The number of carbonyl (C=O) groups is 4. The fourth-order valence-corrected chi connectivity index (χ4v) is 9.15. The Morgan fingerprint density at radius 1 is 0.981 bits per heavy atom. The van der Waals surface area contributed by atoms with Crippen LogP contribution in [-0.4, -0.2) is 120 Å². The van der Waals surface area contributed by atoms with E-state index in [0.29, 0.717) is 19.5 Å². The monoisotopic (exact) mass is 746 g/mol. The van der Waals surface area contributed by atoms with Crippen molar-refractivity contribution in [2.75, 3.05) is 41.3 Å². The normalized spacial score (nSPS) is 18.5. The predicted octanol–water partition coefficient (Wildman–Crippen LogP) is 5.63. The van der Waals surface area contributed by atoms with Gasteiger partial charge in [-0.2, -0.15) is 0 Å². The highest BCUT2D eigenvalue weighted by atomic mass is 32.2. The molecule has 4 amide bonds. The highest BCUT2D eigenvalue weighted by Crippen LogP contribution is 2.37. The van der Waals surface area contributed by atoms with Gasteiger partial charge in [-0.3, -0.25) is 24.1 Å². The molecule has 1 fully saturated rings. The molecule has 296 valence electrons. The number of likely N-dealkylation sites (tertiary alicyclic amines) is 1. The number of benzene rings is 1. The van der Waals surface area contributed by atoms with Gasteiger partial charge >= 0.3 is 0 Å². The highest BCUT2D eigenvalue weighted by molar-refractivity contribution is 8.01. The van der Waals surface area contributed by atoms with E-state index >= 15 is 0 Å². The third kappa shape index (κ3) is 13.7. The van der Waals surface area contributed by atoms with Crippen LogP contribution >= 0.6 is 11.8 Å². The van der Waals surface area contributed by atoms with Gasteiger partial charge in [-0.25, -0.2) is 0 Å². The second-order valence-corrected chi connectivity index (χ2v) is 18.6. The molecular formula is C41H71N5O5S. The summed E-state index contributed by atoms with van der Waals surface area (Å²) in [7, 11) is 7.13. The van der Waals surface area contributed by atoms with Gasteiger partial charge in [0.15, 0.2) is 0 Å². The summed E-state index contributed by atoms with van der Waals surface area (Å²) in [5, 5.41) is 6.12. The van der Waals surface area contributed by atoms with Crippen molar-refractivity contribution in [1.82, 2.24) is 25.3 Å². The van der Waals surface area contributed by atoms with Crippen molar-refractivity contribution in [1.29, 1.82) is 0 Å². The largest absolute Gasteiger partial charge is 0.379 e. The zero-order chi connectivity index (χ0) is 39.3. The van der Waals surface area contributed by atoms with E-state index in [-0.39, 0.29) is 69.9 Å². The number of nitrogens with one attached hydrogen (secondary N) is 2. The zero-order valence-electron chi connectivity index (χ0n) is 34.5. The smallest absolute Gasteiger partial charge is 0.245 e. The first-order valence-electron chi connectivity index (χ1n) is 19.4. The van der Waals surface area contributed by atoms with Gasteiger partial charge in [0.2, 0.25) is 23.6 Å². The molecule has 1 saturated heterocycles. The van der Waals surface area contributed by atoms with E-state index < -0.39 is 18.2 Å². The van der Waals surface area contributed by atoms with Crippen molar-refractivity contribution in [2.24, 2.45) is 17.8 Å². The van der Waals surface area contributed by atoms with Crippen LogP contribution in [0, 0.1) is 17.8 Å². The lowest BCUT2D eigenvalue weighted by Crippen LogP contribution is -2.59. The average Bonchev–Trinajstić information content (AvgIpc) is 3.56. The molecule has 52 heavy (non-hydrogen) atoms. The molecule has 0 aliphatic carbocycles. The summed E-state index contributed by atoms with van der Waals surface area (Å²) in [6.45, 7) is 19.7. The van der Waals surface area contributed by atoms with Crippen molar-refractivity contribution in [2.45, 2.75) is 141 Å². The molecule has 1 aliphatic heterocycles. The van der Waals surface area contributed by atoms with Crippen LogP contribution in [0.3, 0.4) is 0 Å². The summed E-state index contributed by atoms with van der Waals surface area (Å²) in [6, 6.07) is 8.55. The molecule has 1 aromatic rings. The number of rotatable bonds is 20. The van der Waals surface area contributed by atoms with Gasteiger partial charge in [0.05, 0.1) is 24.6 Å². The van der Waals surface area contributed by atoms with Crippen molar-refractivity contribution >= 4 is 35.4 Å². The zero-order valence-corrected chi connectivity index (χ0v) is 35.3. The first-order valence-corrected chi connectivity index (χ1v) is 20.2. The van der Waals surface area contributed by atoms with Gasteiger partial charge in [0, 0.05) is 49.7 Å². The van der Waals surface area contributed by atoms with Gasteiger partial charge in [0.25, 0.3) is 0 Å². The molecule has 2 rings (SSSR count). The Bertz CT molecular complexity index is 1260. The molecule has 1 heterocycles. The molecular weight excluding hydrogens is 675 g/mol. The van der Waals surface area contributed by atoms with Gasteiger partial charge in [-0.15, -0.1) is 11.8 Å². The number of amides is 4. The number of nitrogens with zero attached hydrogens (tertiary/aromatic N) is 3. The minimum absolute atomic E-state index is 0.000754. The van der Waals surface area contributed by atoms with Crippen molar-refractivity contribution < 1.29 is 23.9 Å². The minimum Gasteiger partial charge on any atom is -0.379 e. The number of methoxy groups -OCH3 is 1. The molecule has 0 bridgehead atoms. The van der Waals surface area contributed by atoms with E-state index in [0.717, 1.165) is 25.7 Å². The van der Waals surface area contributed by atoms with Crippen molar-refractivity contribution in [3.05, 3.63) is 35.9 Å². The van der Waals surface area contributed by atoms with Crippen LogP contribution in [-0.2, 0) is 30.3 Å². The van der Waals surface area contributed by atoms with Crippen LogP contribution in [0.25, 0.3) is 0 Å². The predicted molar refractivity (Wildman–Crippen MR) is 214 cm³/mol. The van der Waals surface area contributed by atoms with Gasteiger partial charge < -0.3 is 25.2 Å². The van der Waals surface area contributed by atoms with Gasteiger partial charge in [-0.1, -0.05) is 99.1 Å². The Labute approximate surface area is 319 Å². The third-order valence-corrected chi connectivity index (χ3v) is 11.8. The van der Waals surface area contributed by atoms with E-state index in [1.54, 1.807) is 30.8 Å². The summed E-state index contributed by atoms with van der Waals surface area (Å²) < 4.78 is 5.98. The quantitative estimate of drug-likeness (QED) is 0.178. The van der Waals surface area contributed by atoms with Gasteiger partial charge in [-0.05, 0) is 56.7 Å². The summed E-state index contributed by atoms with van der Waals surface area (Å²) in [6.07, 6.45) is 3.15. The molecule has 0 saturated carbocycles. The van der Waals surface area contributed by atoms with Crippen LogP contribution in [0.2, 0.25) is 0 Å². The summed E-state index contributed by atoms with van der Waals surface area (Å²) in [5.74, 6) is -0.439. The number of ether oxygens (including phenoxy) is 1. The maximum absolute atomic E-state index is 14.3. The third-order valence-electron chi connectivity index (χ3n) is 10.3. The van der Waals surface area contributed by atoms with Crippen LogP contribution in [0.15, 0.2) is 30.3 Å². The van der Waals surface area contributed by atoms with Crippen LogP contribution in [0.5, 0.6) is 0 Å². The maximum atomic E-state index is 14.3. The highest BCUT2D eigenvalue weighted by Gasteiger charge is 2.42. The van der Waals surface area contributed by atoms with Crippen LogP contribution in [0.1, 0.15) is 100.0 Å². The van der Waals surface area contributed by atoms with E-state index in [9.17, 15) is 19.2 Å². The van der Waals surface area contributed by atoms with Crippen LogP contribution < -0.4 is 10.6 Å². The Balaban J connectivity index is 2.26. The summed E-state index contributed by atoms with van der Waals surface area (Å²) in [5.41, 5.74) is 1.18.